The Balaban J connectivity index is 1.79. The second kappa shape index (κ2) is 6.48. The normalized spacial score (nSPS) is 13.8. The highest BCUT2D eigenvalue weighted by Gasteiger charge is 2.20. The van der Waals surface area contributed by atoms with Gasteiger partial charge in [-0.2, -0.15) is 0 Å². The molecule has 6 nitrogen and oxygen atoms in total. The number of para-hydroxylation sites is 1. The summed E-state index contributed by atoms with van der Waals surface area (Å²) in [6.45, 7) is 1.86. The first-order valence-electron chi connectivity index (χ1n) is 7.46. The van der Waals surface area contributed by atoms with Crippen molar-refractivity contribution in [3.05, 3.63) is 64.2 Å². The lowest BCUT2D eigenvalue weighted by molar-refractivity contribution is -0.384. The summed E-state index contributed by atoms with van der Waals surface area (Å²) >= 11 is 0. The van der Waals surface area contributed by atoms with Crippen LogP contribution in [0.4, 0.5) is 11.4 Å². The lowest BCUT2D eigenvalue weighted by Crippen LogP contribution is -2.22. The fourth-order valence-electron chi connectivity index (χ4n) is 2.68. The number of carbonyl (C=O) groups is 1. The van der Waals surface area contributed by atoms with Crippen LogP contribution in [-0.2, 0) is 0 Å². The van der Waals surface area contributed by atoms with E-state index >= 15 is 0 Å². The Morgan fingerprint density at radius 2 is 1.70 bits per heavy atom. The average molecular weight is 312 g/mol. The van der Waals surface area contributed by atoms with Crippen LogP contribution in [0.1, 0.15) is 23.2 Å². The van der Waals surface area contributed by atoms with Gasteiger partial charge in [-0.25, -0.2) is 4.79 Å². The van der Waals surface area contributed by atoms with Gasteiger partial charge in [0.1, 0.15) is 5.75 Å². The highest BCUT2D eigenvalue weighted by atomic mass is 16.6. The van der Waals surface area contributed by atoms with E-state index in [1.807, 2.05) is 12.1 Å². The molecule has 1 saturated heterocycles. The number of nitro groups is 1. The minimum atomic E-state index is -0.492. The van der Waals surface area contributed by atoms with Crippen molar-refractivity contribution in [1.82, 2.24) is 0 Å². The number of rotatable bonds is 4. The van der Waals surface area contributed by atoms with E-state index in [0.29, 0.717) is 5.56 Å². The molecule has 2 aromatic rings. The molecule has 23 heavy (non-hydrogen) atoms. The highest BCUT2D eigenvalue weighted by molar-refractivity contribution is 5.97. The Morgan fingerprint density at radius 3 is 2.35 bits per heavy atom. The molecule has 0 unspecified atom stereocenters. The topological polar surface area (TPSA) is 72.7 Å². The summed E-state index contributed by atoms with van der Waals surface area (Å²) in [5.74, 6) is -0.168. The molecule has 1 aliphatic heterocycles. The van der Waals surface area contributed by atoms with E-state index in [4.69, 9.17) is 4.74 Å². The van der Waals surface area contributed by atoms with Gasteiger partial charge in [0, 0.05) is 25.2 Å². The molecule has 6 heteroatoms. The number of benzene rings is 2. The predicted molar refractivity (Wildman–Crippen MR) is 85.9 cm³/mol. The van der Waals surface area contributed by atoms with E-state index in [2.05, 4.69) is 4.90 Å². The van der Waals surface area contributed by atoms with Crippen LogP contribution in [0.5, 0.6) is 5.75 Å². The highest BCUT2D eigenvalue weighted by Crippen LogP contribution is 2.26. The monoisotopic (exact) mass is 312 g/mol. The zero-order valence-electron chi connectivity index (χ0n) is 12.5. The molecule has 3 rings (SSSR count). The maximum Gasteiger partial charge on any atom is 0.345 e. The summed E-state index contributed by atoms with van der Waals surface area (Å²) in [6, 6.07) is 12.8. The molecule has 0 N–H and O–H groups in total. The average Bonchev–Trinajstić information content (AvgIpc) is 3.09. The number of carbonyl (C=O) groups excluding carboxylic acids is 1. The number of hydrogen-bond acceptors (Lipinski definition) is 5. The largest absolute Gasteiger partial charge is 0.423 e. The lowest BCUT2D eigenvalue weighted by atomic mass is 10.1. The maximum atomic E-state index is 12.4. The van der Waals surface area contributed by atoms with Crippen molar-refractivity contribution < 1.29 is 14.5 Å². The third kappa shape index (κ3) is 3.31. The second-order valence-corrected chi connectivity index (χ2v) is 5.35. The van der Waals surface area contributed by atoms with Crippen molar-refractivity contribution in [2.24, 2.45) is 0 Å². The maximum absolute atomic E-state index is 12.4. The zero-order valence-corrected chi connectivity index (χ0v) is 12.5. The third-order valence-corrected chi connectivity index (χ3v) is 3.83. The summed E-state index contributed by atoms with van der Waals surface area (Å²) < 4.78 is 5.35. The summed E-state index contributed by atoms with van der Waals surface area (Å²) in [5, 5.41) is 10.6. The van der Waals surface area contributed by atoms with Gasteiger partial charge in [-0.3, -0.25) is 10.1 Å². The fourth-order valence-corrected chi connectivity index (χ4v) is 2.68. The molecule has 1 fully saturated rings. The van der Waals surface area contributed by atoms with Gasteiger partial charge in [0.15, 0.2) is 0 Å². The minimum Gasteiger partial charge on any atom is -0.423 e. The Kier molecular flexibility index (Phi) is 4.23. The van der Waals surface area contributed by atoms with Crippen LogP contribution in [-0.4, -0.2) is 24.0 Å². The van der Waals surface area contributed by atoms with Gasteiger partial charge >= 0.3 is 5.97 Å². The second-order valence-electron chi connectivity index (χ2n) is 5.35. The van der Waals surface area contributed by atoms with Crippen LogP contribution in [0.3, 0.4) is 0 Å². The van der Waals surface area contributed by atoms with Gasteiger partial charge in [0.25, 0.3) is 5.69 Å². The van der Waals surface area contributed by atoms with Crippen molar-refractivity contribution in [3.63, 3.8) is 0 Å². The Morgan fingerprint density at radius 1 is 1.04 bits per heavy atom. The molecule has 0 bridgehead atoms. The third-order valence-electron chi connectivity index (χ3n) is 3.83. The Bertz CT molecular complexity index is 722. The van der Waals surface area contributed by atoms with Crippen LogP contribution in [0.2, 0.25) is 0 Å². The smallest absolute Gasteiger partial charge is 0.345 e. The number of hydrogen-bond donors (Lipinski definition) is 0. The molecule has 0 amide bonds. The number of nitro benzene ring substituents is 1. The van der Waals surface area contributed by atoms with Gasteiger partial charge in [-0.05, 0) is 37.1 Å². The molecule has 2 aromatic carbocycles. The van der Waals surface area contributed by atoms with Gasteiger partial charge in [0.2, 0.25) is 0 Å². The Labute approximate surface area is 133 Å². The molecule has 0 radical (unpaired) electrons. The molecule has 0 spiro atoms. The first kappa shape index (κ1) is 15.0. The number of ether oxygens (including phenoxy) is 1. The van der Waals surface area contributed by atoms with Crippen LogP contribution in [0.15, 0.2) is 48.5 Å². The van der Waals surface area contributed by atoms with Crippen LogP contribution < -0.4 is 9.64 Å². The van der Waals surface area contributed by atoms with E-state index in [1.54, 1.807) is 12.1 Å². The molecule has 0 aromatic heterocycles. The summed E-state index contributed by atoms with van der Waals surface area (Å²) in [5.41, 5.74) is 1.34. The minimum absolute atomic E-state index is 0.0396. The zero-order chi connectivity index (χ0) is 16.2. The predicted octanol–water partition coefficient (Wildman–Crippen LogP) is 3.41. The van der Waals surface area contributed by atoms with Crippen molar-refractivity contribution >= 4 is 17.3 Å². The summed E-state index contributed by atoms with van der Waals surface area (Å²) in [7, 11) is 0. The van der Waals surface area contributed by atoms with Crippen molar-refractivity contribution in [2.75, 3.05) is 18.0 Å². The van der Waals surface area contributed by atoms with E-state index in [-0.39, 0.29) is 11.4 Å². The van der Waals surface area contributed by atoms with Crippen molar-refractivity contribution in [2.45, 2.75) is 12.8 Å². The van der Waals surface area contributed by atoms with Crippen LogP contribution >= 0.6 is 0 Å². The van der Waals surface area contributed by atoms with Crippen LogP contribution in [0, 0.1) is 10.1 Å². The molecular weight excluding hydrogens is 296 g/mol. The first-order chi connectivity index (χ1) is 11.1. The van der Waals surface area contributed by atoms with Crippen molar-refractivity contribution in [3.8, 4) is 5.75 Å². The standard InChI is InChI=1S/C17H16N2O4/c20-17(23-14-9-7-13(8-10-14)19(21)22)15-5-1-2-6-16(15)18-11-3-4-12-18/h1-2,5-10H,3-4,11-12H2. The molecule has 1 aliphatic rings. The molecule has 1 heterocycles. The molecule has 118 valence electrons. The molecular formula is C17H16N2O4. The van der Waals surface area contributed by atoms with E-state index in [0.717, 1.165) is 31.6 Å². The van der Waals surface area contributed by atoms with Gasteiger partial charge in [-0.1, -0.05) is 12.1 Å². The van der Waals surface area contributed by atoms with Gasteiger partial charge in [0.05, 0.1) is 16.2 Å². The van der Waals surface area contributed by atoms with Gasteiger partial charge < -0.3 is 9.64 Å². The molecule has 0 atom stereocenters. The SMILES string of the molecule is O=C(Oc1ccc([N+](=O)[O-])cc1)c1ccccc1N1CCCC1. The molecule has 0 aliphatic carbocycles. The number of nitrogens with zero attached hydrogens (tertiary/aromatic N) is 2. The number of esters is 1. The summed E-state index contributed by atoms with van der Waals surface area (Å²) in [4.78, 5) is 24.7. The molecule has 0 saturated carbocycles. The van der Waals surface area contributed by atoms with E-state index < -0.39 is 10.9 Å². The lowest BCUT2D eigenvalue weighted by Gasteiger charge is -2.20. The van der Waals surface area contributed by atoms with E-state index in [9.17, 15) is 14.9 Å². The number of anilines is 1. The van der Waals surface area contributed by atoms with E-state index in [1.165, 1.54) is 24.3 Å². The Hall–Kier alpha value is -2.89. The van der Waals surface area contributed by atoms with Crippen LogP contribution in [0.25, 0.3) is 0 Å². The summed E-state index contributed by atoms with van der Waals surface area (Å²) in [6.07, 6.45) is 2.23. The fraction of sp³-hybridized carbons (Fsp3) is 0.235. The number of non-ortho nitro benzene ring substituents is 1. The van der Waals surface area contributed by atoms with Crippen molar-refractivity contribution in [1.29, 1.82) is 0 Å². The first-order valence-corrected chi connectivity index (χ1v) is 7.46. The quantitative estimate of drug-likeness (QED) is 0.374. The van der Waals surface area contributed by atoms with Gasteiger partial charge in [-0.15, -0.1) is 0 Å².